The molecule has 0 heterocycles. The highest BCUT2D eigenvalue weighted by Crippen LogP contribution is 2.39. The lowest BCUT2D eigenvalue weighted by molar-refractivity contribution is 0.687. The molecule has 3 rings (SSSR count). The highest BCUT2D eigenvalue weighted by atomic mass is 14.3. The molecule has 0 saturated carbocycles. The third-order valence-corrected chi connectivity index (χ3v) is 3.42. The predicted octanol–water partition coefficient (Wildman–Crippen LogP) is 3.89. The zero-order valence-corrected chi connectivity index (χ0v) is 8.46. The van der Waals surface area contributed by atoms with Gasteiger partial charge in [-0.25, -0.2) is 0 Å². The van der Waals surface area contributed by atoms with Crippen molar-refractivity contribution >= 4 is 10.8 Å². The molecule has 0 aromatic heterocycles. The molecule has 0 N–H and O–H groups in total. The normalized spacial score (nSPS) is 19.1. The zero-order chi connectivity index (χ0) is 9.54. The summed E-state index contributed by atoms with van der Waals surface area (Å²) in [6, 6.07) is 13.4. The highest BCUT2D eigenvalue weighted by molar-refractivity contribution is 5.91. The van der Waals surface area contributed by atoms with Gasteiger partial charge in [-0.05, 0) is 40.7 Å². The Labute approximate surface area is 84.6 Å². The lowest BCUT2D eigenvalue weighted by atomic mass is 9.98. The topological polar surface area (TPSA) is 0 Å². The van der Waals surface area contributed by atoms with E-state index in [9.17, 15) is 0 Å². The molecule has 0 saturated heterocycles. The smallest absolute Gasteiger partial charge is 0.0117 e. The molecule has 70 valence electrons. The standard InChI is InChI=1S/C14H14/c1-2-10-9-12-7-3-5-11-6-4-8-13(10)14(11)12/h3-8,10H,2,9H2,1H3/t10-/m0/s1. The van der Waals surface area contributed by atoms with E-state index in [1.54, 1.807) is 11.1 Å². The second-order valence-corrected chi connectivity index (χ2v) is 4.17. The second kappa shape index (κ2) is 2.84. The van der Waals surface area contributed by atoms with Gasteiger partial charge in [-0.2, -0.15) is 0 Å². The van der Waals surface area contributed by atoms with Crippen LogP contribution in [-0.4, -0.2) is 0 Å². The summed E-state index contributed by atoms with van der Waals surface area (Å²) in [5.74, 6) is 0.760. The summed E-state index contributed by atoms with van der Waals surface area (Å²) in [6.45, 7) is 2.29. The lowest BCUT2D eigenvalue weighted by Gasteiger charge is -2.06. The van der Waals surface area contributed by atoms with Crippen molar-refractivity contribution in [3.8, 4) is 0 Å². The van der Waals surface area contributed by atoms with Crippen molar-refractivity contribution in [3.63, 3.8) is 0 Å². The summed E-state index contributed by atoms with van der Waals surface area (Å²) in [4.78, 5) is 0. The van der Waals surface area contributed by atoms with Crippen LogP contribution in [0.25, 0.3) is 10.8 Å². The zero-order valence-electron chi connectivity index (χ0n) is 8.46. The molecule has 0 nitrogen and oxygen atoms in total. The van der Waals surface area contributed by atoms with Crippen molar-refractivity contribution in [3.05, 3.63) is 47.5 Å². The number of hydrogen-bond donors (Lipinski definition) is 0. The van der Waals surface area contributed by atoms with E-state index < -0.39 is 0 Å². The van der Waals surface area contributed by atoms with Gasteiger partial charge in [0.15, 0.2) is 0 Å². The van der Waals surface area contributed by atoms with Crippen molar-refractivity contribution in [2.75, 3.05) is 0 Å². The fourth-order valence-electron chi connectivity index (χ4n) is 2.70. The highest BCUT2D eigenvalue weighted by Gasteiger charge is 2.21. The quantitative estimate of drug-likeness (QED) is 0.627. The first-order chi connectivity index (χ1) is 6.90. The van der Waals surface area contributed by atoms with Crippen molar-refractivity contribution in [2.45, 2.75) is 25.7 Å². The van der Waals surface area contributed by atoms with Crippen LogP contribution in [0.3, 0.4) is 0 Å². The molecule has 0 radical (unpaired) electrons. The van der Waals surface area contributed by atoms with Gasteiger partial charge >= 0.3 is 0 Å². The van der Waals surface area contributed by atoms with Gasteiger partial charge < -0.3 is 0 Å². The molecule has 0 aliphatic heterocycles. The largest absolute Gasteiger partial charge is 0.0648 e. The third-order valence-electron chi connectivity index (χ3n) is 3.42. The molecule has 0 spiro atoms. The number of benzene rings is 2. The average Bonchev–Trinajstić information content (AvgIpc) is 2.60. The lowest BCUT2D eigenvalue weighted by Crippen LogP contribution is -1.92. The Morgan fingerprint density at radius 3 is 2.71 bits per heavy atom. The minimum Gasteiger partial charge on any atom is -0.0648 e. The van der Waals surface area contributed by atoms with Gasteiger partial charge in [0, 0.05) is 0 Å². The maximum atomic E-state index is 2.30. The third kappa shape index (κ3) is 0.942. The number of hydrogen-bond acceptors (Lipinski definition) is 0. The van der Waals surface area contributed by atoms with E-state index in [4.69, 9.17) is 0 Å². The summed E-state index contributed by atoms with van der Waals surface area (Å²) in [5, 5.41) is 2.94. The fraction of sp³-hybridized carbons (Fsp3) is 0.286. The summed E-state index contributed by atoms with van der Waals surface area (Å²) >= 11 is 0. The molecule has 1 atom stereocenters. The minimum atomic E-state index is 0.760. The molecule has 14 heavy (non-hydrogen) atoms. The van der Waals surface area contributed by atoms with Gasteiger partial charge in [0.2, 0.25) is 0 Å². The predicted molar refractivity (Wildman–Crippen MR) is 60.7 cm³/mol. The Morgan fingerprint density at radius 2 is 1.93 bits per heavy atom. The van der Waals surface area contributed by atoms with Crippen LogP contribution in [0.4, 0.5) is 0 Å². The van der Waals surface area contributed by atoms with Gasteiger partial charge in [-0.15, -0.1) is 0 Å². The first-order valence-electron chi connectivity index (χ1n) is 5.40. The van der Waals surface area contributed by atoms with Crippen LogP contribution in [0.5, 0.6) is 0 Å². The van der Waals surface area contributed by atoms with Gasteiger partial charge in [-0.1, -0.05) is 43.3 Å². The Hall–Kier alpha value is -1.30. The van der Waals surface area contributed by atoms with Crippen LogP contribution < -0.4 is 0 Å². The maximum Gasteiger partial charge on any atom is -0.0117 e. The molecule has 0 fully saturated rings. The van der Waals surface area contributed by atoms with Crippen molar-refractivity contribution in [1.29, 1.82) is 0 Å². The van der Waals surface area contributed by atoms with Gasteiger partial charge in [0.05, 0.1) is 0 Å². The molecule has 0 unspecified atom stereocenters. The molecule has 1 aliphatic rings. The Bertz CT molecular complexity index is 477. The Morgan fingerprint density at radius 1 is 1.14 bits per heavy atom. The van der Waals surface area contributed by atoms with E-state index in [0.29, 0.717) is 0 Å². The monoisotopic (exact) mass is 182 g/mol. The van der Waals surface area contributed by atoms with E-state index in [2.05, 4.69) is 43.3 Å². The summed E-state index contributed by atoms with van der Waals surface area (Å²) < 4.78 is 0. The van der Waals surface area contributed by atoms with Gasteiger partial charge in [0.1, 0.15) is 0 Å². The molecule has 2 aromatic carbocycles. The van der Waals surface area contributed by atoms with Crippen LogP contribution >= 0.6 is 0 Å². The first-order valence-corrected chi connectivity index (χ1v) is 5.40. The Balaban J connectivity index is 2.38. The second-order valence-electron chi connectivity index (χ2n) is 4.17. The summed E-state index contributed by atoms with van der Waals surface area (Å²) in [6.07, 6.45) is 2.50. The summed E-state index contributed by atoms with van der Waals surface area (Å²) in [7, 11) is 0. The van der Waals surface area contributed by atoms with Crippen molar-refractivity contribution in [1.82, 2.24) is 0 Å². The van der Waals surface area contributed by atoms with Crippen LogP contribution in [0.15, 0.2) is 36.4 Å². The van der Waals surface area contributed by atoms with Crippen LogP contribution in [0, 0.1) is 0 Å². The first kappa shape index (κ1) is 8.05. The minimum absolute atomic E-state index is 0.760. The molecular formula is C14H14. The Kier molecular flexibility index (Phi) is 1.63. The molecule has 2 aromatic rings. The van der Waals surface area contributed by atoms with Gasteiger partial charge in [-0.3, -0.25) is 0 Å². The SMILES string of the molecule is CC[C@H]1Cc2cccc3cccc1c23. The summed E-state index contributed by atoms with van der Waals surface area (Å²) in [5.41, 5.74) is 3.12. The van der Waals surface area contributed by atoms with E-state index >= 15 is 0 Å². The molecule has 0 heteroatoms. The van der Waals surface area contributed by atoms with E-state index in [-0.39, 0.29) is 0 Å². The fourth-order valence-corrected chi connectivity index (χ4v) is 2.70. The molecular weight excluding hydrogens is 168 g/mol. The van der Waals surface area contributed by atoms with Gasteiger partial charge in [0.25, 0.3) is 0 Å². The molecule has 0 bridgehead atoms. The van der Waals surface area contributed by atoms with Crippen molar-refractivity contribution < 1.29 is 0 Å². The average molecular weight is 182 g/mol. The molecule has 1 aliphatic carbocycles. The van der Waals surface area contributed by atoms with E-state index in [1.807, 2.05) is 0 Å². The van der Waals surface area contributed by atoms with Crippen LogP contribution in [-0.2, 0) is 6.42 Å². The van der Waals surface area contributed by atoms with Crippen LogP contribution in [0.1, 0.15) is 30.4 Å². The maximum absolute atomic E-state index is 2.30. The van der Waals surface area contributed by atoms with Crippen LogP contribution in [0.2, 0.25) is 0 Å². The van der Waals surface area contributed by atoms with E-state index in [1.165, 1.54) is 23.6 Å². The van der Waals surface area contributed by atoms with Crippen molar-refractivity contribution in [2.24, 2.45) is 0 Å². The molecule has 0 amide bonds. The number of rotatable bonds is 1. The van der Waals surface area contributed by atoms with E-state index in [0.717, 1.165) is 5.92 Å².